The lowest BCUT2D eigenvalue weighted by Crippen LogP contribution is -2.41. The first-order chi connectivity index (χ1) is 10.2. The van der Waals surface area contributed by atoms with Crippen molar-refractivity contribution in [2.24, 2.45) is 5.92 Å². The Morgan fingerprint density at radius 3 is 3.00 bits per heavy atom. The average Bonchev–Trinajstić information content (AvgIpc) is 3.22. The number of amides is 1. The maximum atomic E-state index is 14.2. The van der Waals surface area contributed by atoms with Crippen molar-refractivity contribution in [2.75, 3.05) is 18.5 Å². The van der Waals surface area contributed by atoms with Gasteiger partial charge in [0.25, 0.3) is 5.91 Å². The molecule has 6 heteroatoms. The van der Waals surface area contributed by atoms with E-state index in [0.717, 1.165) is 19.3 Å². The van der Waals surface area contributed by atoms with Gasteiger partial charge in [0.15, 0.2) is 11.6 Å². The molecule has 0 radical (unpaired) electrons. The smallest absolute Gasteiger partial charge is 0.254 e. The molecule has 2 fully saturated rings. The van der Waals surface area contributed by atoms with Crippen molar-refractivity contribution in [3.8, 4) is 0 Å². The van der Waals surface area contributed by atoms with Crippen molar-refractivity contribution in [3.05, 3.63) is 23.6 Å². The van der Waals surface area contributed by atoms with Crippen LogP contribution in [0.3, 0.4) is 0 Å². The van der Waals surface area contributed by atoms with Crippen LogP contribution in [0.25, 0.3) is 0 Å². The van der Waals surface area contributed by atoms with Gasteiger partial charge >= 0.3 is 0 Å². The number of aromatic nitrogens is 1. The summed E-state index contributed by atoms with van der Waals surface area (Å²) in [6.45, 7) is 3.06. The molecule has 2 N–H and O–H groups in total. The Kier molecular flexibility index (Phi) is 4.05. The maximum absolute atomic E-state index is 14.2. The van der Waals surface area contributed by atoms with E-state index in [1.165, 1.54) is 12.3 Å². The Balaban J connectivity index is 1.71. The van der Waals surface area contributed by atoms with E-state index < -0.39 is 11.7 Å². The predicted molar refractivity (Wildman–Crippen MR) is 76.7 cm³/mol. The summed E-state index contributed by atoms with van der Waals surface area (Å²) in [6, 6.07) is 1.40. The minimum atomic E-state index is -0.598. The van der Waals surface area contributed by atoms with Crippen molar-refractivity contribution >= 4 is 11.7 Å². The lowest BCUT2D eigenvalue weighted by Gasteiger charge is -2.19. The molecule has 2 atom stereocenters. The second kappa shape index (κ2) is 5.97. The van der Waals surface area contributed by atoms with Gasteiger partial charge in [-0.1, -0.05) is 0 Å². The van der Waals surface area contributed by atoms with Crippen LogP contribution in [0.5, 0.6) is 0 Å². The van der Waals surface area contributed by atoms with Crippen LogP contribution in [-0.2, 0) is 4.74 Å². The van der Waals surface area contributed by atoms with Crippen LogP contribution in [0.1, 0.15) is 36.5 Å². The van der Waals surface area contributed by atoms with Gasteiger partial charge in [0, 0.05) is 19.3 Å². The summed E-state index contributed by atoms with van der Waals surface area (Å²) in [6.07, 6.45) is 4.64. The third-order valence-electron chi connectivity index (χ3n) is 4.02. The quantitative estimate of drug-likeness (QED) is 0.871. The first kappa shape index (κ1) is 14.3. The van der Waals surface area contributed by atoms with E-state index in [0.29, 0.717) is 19.1 Å². The topological polar surface area (TPSA) is 63.2 Å². The van der Waals surface area contributed by atoms with E-state index in [-0.39, 0.29) is 23.5 Å². The normalized spacial score (nSPS) is 24.9. The Labute approximate surface area is 123 Å². The lowest BCUT2D eigenvalue weighted by atomic mass is 10.1. The molecule has 2 heterocycles. The number of hydrogen-bond donors (Lipinski definition) is 2. The Bertz CT molecular complexity index is 534. The molecular formula is C15H20FN3O2. The molecule has 0 aromatic carbocycles. The van der Waals surface area contributed by atoms with Crippen LogP contribution in [-0.4, -0.2) is 36.2 Å². The molecule has 3 rings (SSSR count). The molecule has 1 aliphatic carbocycles. The summed E-state index contributed by atoms with van der Waals surface area (Å²) in [5, 5.41) is 5.73. The number of ether oxygens (including phenoxy) is 1. The van der Waals surface area contributed by atoms with Gasteiger partial charge in [-0.3, -0.25) is 4.79 Å². The van der Waals surface area contributed by atoms with Crippen molar-refractivity contribution in [3.63, 3.8) is 0 Å². The predicted octanol–water partition coefficient (Wildman–Crippen LogP) is 1.95. The third-order valence-corrected chi connectivity index (χ3v) is 4.02. The second-order valence-electron chi connectivity index (χ2n) is 5.59. The minimum Gasteiger partial charge on any atom is -0.376 e. The van der Waals surface area contributed by atoms with Gasteiger partial charge in [0.1, 0.15) is 0 Å². The molecule has 1 aliphatic heterocycles. The first-order valence-electron chi connectivity index (χ1n) is 7.51. The highest BCUT2D eigenvalue weighted by Gasteiger charge is 2.41. The highest BCUT2D eigenvalue weighted by molar-refractivity contribution is 5.95. The second-order valence-corrected chi connectivity index (χ2v) is 5.59. The van der Waals surface area contributed by atoms with Gasteiger partial charge in [0.05, 0.1) is 17.7 Å². The summed E-state index contributed by atoms with van der Waals surface area (Å²) >= 11 is 0. The highest BCUT2D eigenvalue weighted by Crippen LogP contribution is 2.38. The fourth-order valence-electron chi connectivity index (χ4n) is 2.81. The summed E-state index contributed by atoms with van der Waals surface area (Å²) < 4.78 is 19.9. The van der Waals surface area contributed by atoms with Crippen LogP contribution in [0, 0.1) is 11.7 Å². The van der Waals surface area contributed by atoms with Crippen molar-refractivity contribution in [1.82, 2.24) is 10.3 Å². The van der Waals surface area contributed by atoms with Crippen LogP contribution in [0.15, 0.2) is 12.3 Å². The molecule has 1 amide bonds. The summed E-state index contributed by atoms with van der Waals surface area (Å²) in [4.78, 5) is 16.2. The molecule has 1 saturated carbocycles. The molecule has 114 valence electrons. The van der Waals surface area contributed by atoms with Gasteiger partial charge in [-0.2, -0.15) is 0 Å². The van der Waals surface area contributed by atoms with Crippen molar-refractivity contribution in [2.45, 2.75) is 38.3 Å². The van der Waals surface area contributed by atoms with E-state index >= 15 is 0 Å². The minimum absolute atomic E-state index is 0.0138. The van der Waals surface area contributed by atoms with Crippen LogP contribution < -0.4 is 10.6 Å². The number of carbonyl (C=O) groups is 1. The number of rotatable bonds is 5. The third kappa shape index (κ3) is 3.00. The summed E-state index contributed by atoms with van der Waals surface area (Å²) in [5.74, 6) is -0.321. The molecular weight excluding hydrogens is 273 g/mol. The van der Waals surface area contributed by atoms with Gasteiger partial charge in [-0.25, -0.2) is 9.37 Å². The number of carbonyl (C=O) groups excluding carboxylic acids is 1. The number of hydrogen-bond acceptors (Lipinski definition) is 4. The average molecular weight is 293 g/mol. The Morgan fingerprint density at radius 1 is 1.48 bits per heavy atom. The summed E-state index contributed by atoms with van der Waals surface area (Å²) in [7, 11) is 0. The molecule has 2 unspecified atom stereocenters. The van der Waals surface area contributed by atoms with E-state index in [1.807, 2.05) is 6.92 Å². The van der Waals surface area contributed by atoms with Crippen LogP contribution in [0.2, 0.25) is 0 Å². The fourth-order valence-corrected chi connectivity index (χ4v) is 2.81. The van der Waals surface area contributed by atoms with Crippen LogP contribution >= 0.6 is 0 Å². The number of anilines is 1. The van der Waals surface area contributed by atoms with Crippen molar-refractivity contribution in [1.29, 1.82) is 0 Å². The van der Waals surface area contributed by atoms with E-state index in [9.17, 15) is 9.18 Å². The van der Waals surface area contributed by atoms with Gasteiger partial charge in [0.2, 0.25) is 0 Å². The maximum Gasteiger partial charge on any atom is 0.254 e. The standard InChI is InChI=1S/C15H20FN3O2/c1-2-17-14-12(16)10(5-7-18-14)15(20)19-11-6-8-21-13(11)9-3-4-9/h5,7,9,11,13H,2-4,6,8H2,1H3,(H,17,18)(H,19,20). The van der Waals surface area contributed by atoms with E-state index in [2.05, 4.69) is 15.6 Å². The molecule has 1 aromatic rings. The zero-order valence-corrected chi connectivity index (χ0v) is 12.1. The SMILES string of the molecule is CCNc1nccc(C(=O)NC2CCOC2C2CC2)c1F. The Morgan fingerprint density at radius 2 is 2.29 bits per heavy atom. The van der Waals surface area contributed by atoms with Gasteiger partial charge in [-0.15, -0.1) is 0 Å². The van der Waals surface area contributed by atoms with E-state index in [4.69, 9.17) is 4.74 Å². The Hall–Kier alpha value is -1.69. The molecule has 0 bridgehead atoms. The first-order valence-corrected chi connectivity index (χ1v) is 7.51. The molecule has 0 spiro atoms. The van der Waals surface area contributed by atoms with Gasteiger partial charge < -0.3 is 15.4 Å². The molecule has 5 nitrogen and oxygen atoms in total. The number of nitrogens with zero attached hydrogens (tertiary/aromatic N) is 1. The molecule has 1 aromatic heterocycles. The number of nitrogens with one attached hydrogen (secondary N) is 2. The monoisotopic (exact) mass is 293 g/mol. The lowest BCUT2D eigenvalue weighted by molar-refractivity contribution is 0.0727. The van der Waals surface area contributed by atoms with E-state index in [1.54, 1.807) is 0 Å². The molecule has 2 aliphatic rings. The summed E-state index contributed by atoms with van der Waals surface area (Å²) in [5.41, 5.74) is 0.0300. The number of pyridine rings is 1. The van der Waals surface area contributed by atoms with Crippen LogP contribution in [0.4, 0.5) is 10.2 Å². The van der Waals surface area contributed by atoms with Crippen molar-refractivity contribution < 1.29 is 13.9 Å². The van der Waals surface area contributed by atoms with Gasteiger partial charge in [-0.05, 0) is 38.2 Å². The zero-order valence-electron chi connectivity index (χ0n) is 12.1. The zero-order chi connectivity index (χ0) is 14.8. The fraction of sp³-hybridized carbons (Fsp3) is 0.600. The largest absolute Gasteiger partial charge is 0.376 e. The molecule has 1 saturated heterocycles. The number of halogens is 1. The molecule has 21 heavy (non-hydrogen) atoms. The highest BCUT2D eigenvalue weighted by atomic mass is 19.1.